The van der Waals surface area contributed by atoms with Crippen LogP contribution in [0.2, 0.25) is 0 Å². The number of carbonyl (C=O) groups is 2. The summed E-state index contributed by atoms with van der Waals surface area (Å²) in [6, 6.07) is 9.16. The first kappa shape index (κ1) is 21.0. The van der Waals surface area contributed by atoms with Crippen molar-refractivity contribution in [3.63, 3.8) is 0 Å². The Morgan fingerprint density at radius 1 is 1.14 bits per heavy atom. The highest BCUT2D eigenvalue weighted by molar-refractivity contribution is 7.89. The van der Waals surface area contributed by atoms with Gasteiger partial charge in [-0.15, -0.1) is 0 Å². The second-order valence-electron chi connectivity index (χ2n) is 7.23. The van der Waals surface area contributed by atoms with Crippen LogP contribution in [0.25, 0.3) is 0 Å². The van der Waals surface area contributed by atoms with E-state index in [4.69, 9.17) is 4.74 Å². The smallest absolute Gasteiger partial charge is 0.338 e. The van der Waals surface area contributed by atoms with Crippen LogP contribution in [-0.4, -0.2) is 33.9 Å². The molecular formula is C21H24N2O5S. The molecule has 0 spiro atoms. The van der Waals surface area contributed by atoms with Gasteiger partial charge in [0.25, 0.3) is 5.91 Å². The van der Waals surface area contributed by atoms with Gasteiger partial charge in [0.2, 0.25) is 10.0 Å². The SMILES string of the molecule is COC(=O)c1cc(NC(=O)c2cccc(S(=O)(=O)NCC3CC3)c2)cc(C)c1C. The molecule has 1 aliphatic rings. The van der Waals surface area contributed by atoms with Crippen molar-refractivity contribution in [1.29, 1.82) is 0 Å². The molecule has 8 heteroatoms. The molecular weight excluding hydrogens is 392 g/mol. The first-order valence-electron chi connectivity index (χ1n) is 9.32. The molecule has 1 aliphatic carbocycles. The number of nitrogens with one attached hydrogen (secondary N) is 2. The van der Waals surface area contributed by atoms with Crippen molar-refractivity contribution >= 4 is 27.6 Å². The Bertz CT molecular complexity index is 1060. The molecule has 29 heavy (non-hydrogen) atoms. The standard InChI is InChI=1S/C21H24N2O5S/c1-13-9-17(11-19(14(13)2)21(25)28-3)23-20(24)16-5-4-6-18(10-16)29(26,27)22-12-15-7-8-15/h4-6,9-11,15,22H,7-8,12H2,1-3H3,(H,23,24). The van der Waals surface area contributed by atoms with E-state index in [2.05, 4.69) is 10.0 Å². The molecule has 0 radical (unpaired) electrons. The molecule has 0 aliphatic heterocycles. The van der Waals surface area contributed by atoms with Crippen LogP contribution in [-0.2, 0) is 14.8 Å². The molecule has 154 valence electrons. The minimum absolute atomic E-state index is 0.0427. The van der Waals surface area contributed by atoms with Gasteiger partial charge in [-0.25, -0.2) is 17.9 Å². The number of rotatable bonds is 7. The third kappa shape index (κ3) is 5.02. The van der Waals surface area contributed by atoms with Gasteiger partial charge in [0.1, 0.15) is 0 Å². The van der Waals surface area contributed by atoms with Gasteiger partial charge in [-0.3, -0.25) is 4.79 Å². The number of sulfonamides is 1. The molecule has 0 atom stereocenters. The minimum atomic E-state index is -3.67. The second kappa shape index (κ2) is 8.34. The van der Waals surface area contributed by atoms with Crippen molar-refractivity contribution < 1.29 is 22.7 Å². The lowest BCUT2D eigenvalue weighted by Gasteiger charge is -2.12. The number of aryl methyl sites for hydroxylation is 1. The Morgan fingerprint density at radius 3 is 2.52 bits per heavy atom. The maximum atomic E-state index is 12.7. The molecule has 1 fully saturated rings. The van der Waals surface area contributed by atoms with Crippen molar-refractivity contribution in [2.24, 2.45) is 5.92 Å². The van der Waals surface area contributed by atoms with Gasteiger partial charge in [0.05, 0.1) is 17.6 Å². The third-order valence-corrected chi connectivity index (χ3v) is 6.42. The maximum absolute atomic E-state index is 12.7. The van der Waals surface area contributed by atoms with Crippen LogP contribution >= 0.6 is 0 Å². The fourth-order valence-corrected chi connectivity index (χ4v) is 4.06. The summed E-state index contributed by atoms with van der Waals surface area (Å²) < 4.78 is 32.2. The van der Waals surface area contributed by atoms with Crippen LogP contribution in [0.1, 0.15) is 44.7 Å². The first-order chi connectivity index (χ1) is 13.7. The fourth-order valence-electron chi connectivity index (χ4n) is 2.89. The Kier molecular flexibility index (Phi) is 6.04. The van der Waals surface area contributed by atoms with Gasteiger partial charge in [0, 0.05) is 17.8 Å². The quantitative estimate of drug-likeness (QED) is 0.676. The Balaban J connectivity index is 1.81. The van der Waals surface area contributed by atoms with E-state index in [0.717, 1.165) is 24.0 Å². The van der Waals surface area contributed by atoms with Gasteiger partial charge in [-0.1, -0.05) is 6.07 Å². The molecule has 0 aromatic heterocycles. The van der Waals surface area contributed by atoms with Crippen LogP contribution in [0.4, 0.5) is 5.69 Å². The number of ether oxygens (including phenoxy) is 1. The molecule has 3 rings (SSSR count). The van der Waals surface area contributed by atoms with E-state index < -0.39 is 21.9 Å². The number of anilines is 1. The fraction of sp³-hybridized carbons (Fsp3) is 0.333. The highest BCUT2D eigenvalue weighted by atomic mass is 32.2. The van der Waals surface area contributed by atoms with E-state index in [1.54, 1.807) is 19.1 Å². The van der Waals surface area contributed by atoms with Crippen LogP contribution in [0.15, 0.2) is 41.3 Å². The summed E-state index contributed by atoms with van der Waals surface area (Å²) >= 11 is 0. The molecule has 1 saturated carbocycles. The molecule has 0 saturated heterocycles. The van der Waals surface area contributed by atoms with Crippen LogP contribution < -0.4 is 10.0 Å². The van der Waals surface area contributed by atoms with E-state index in [-0.39, 0.29) is 10.5 Å². The molecule has 0 bridgehead atoms. The highest BCUT2D eigenvalue weighted by Gasteiger charge is 2.24. The van der Waals surface area contributed by atoms with E-state index in [9.17, 15) is 18.0 Å². The van der Waals surface area contributed by atoms with Gasteiger partial charge in [0.15, 0.2) is 0 Å². The molecule has 2 aromatic carbocycles. The minimum Gasteiger partial charge on any atom is -0.465 e. The topological polar surface area (TPSA) is 102 Å². The molecule has 2 aromatic rings. The van der Waals surface area contributed by atoms with Crippen molar-refractivity contribution in [1.82, 2.24) is 4.72 Å². The summed E-state index contributed by atoms with van der Waals surface area (Å²) in [6.07, 6.45) is 2.07. The number of hydrogen-bond donors (Lipinski definition) is 2. The molecule has 1 amide bonds. The summed E-state index contributed by atoms with van der Waals surface area (Å²) in [5.41, 5.74) is 2.59. The average molecular weight is 416 g/mol. The number of carbonyl (C=O) groups excluding carboxylic acids is 2. The van der Waals surface area contributed by atoms with Crippen molar-refractivity contribution in [3.8, 4) is 0 Å². The summed E-state index contributed by atoms with van der Waals surface area (Å²) in [5, 5.41) is 2.72. The van der Waals surface area contributed by atoms with Crippen molar-refractivity contribution in [2.45, 2.75) is 31.6 Å². The lowest BCUT2D eigenvalue weighted by molar-refractivity contribution is 0.0599. The largest absolute Gasteiger partial charge is 0.465 e. The number of benzene rings is 2. The van der Waals surface area contributed by atoms with E-state index in [0.29, 0.717) is 23.7 Å². The maximum Gasteiger partial charge on any atom is 0.338 e. The lowest BCUT2D eigenvalue weighted by Crippen LogP contribution is -2.26. The number of hydrogen-bond acceptors (Lipinski definition) is 5. The Morgan fingerprint density at radius 2 is 1.86 bits per heavy atom. The lowest BCUT2D eigenvalue weighted by atomic mass is 10.0. The van der Waals surface area contributed by atoms with E-state index >= 15 is 0 Å². The normalized spacial score (nSPS) is 13.8. The molecule has 7 nitrogen and oxygen atoms in total. The van der Waals surface area contributed by atoms with E-state index in [1.807, 2.05) is 6.92 Å². The zero-order valence-corrected chi connectivity index (χ0v) is 17.4. The van der Waals surface area contributed by atoms with Gasteiger partial charge in [-0.05, 0) is 74.1 Å². The van der Waals surface area contributed by atoms with Crippen LogP contribution in [0.5, 0.6) is 0 Å². The number of amides is 1. The Labute approximate surface area is 170 Å². The van der Waals surface area contributed by atoms with Crippen LogP contribution in [0, 0.1) is 19.8 Å². The summed E-state index contributed by atoms with van der Waals surface area (Å²) in [6.45, 7) is 4.05. The summed E-state index contributed by atoms with van der Waals surface area (Å²) in [5.74, 6) is -0.551. The summed E-state index contributed by atoms with van der Waals surface area (Å²) in [4.78, 5) is 24.7. The number of esters is 1. The van der Waals surface area contributed by atoms with Gasteiger partial charge in [-0.2, -0.15) is 0 Å². The molecule has 2 N–H and O–H groups in total. The third-order valence-electron chi connectivity index (χ3n) is 5.00. The zero-order valence-electron chi connectivity index (χ0n) is 16.6. The van der Waals surface area contributed by atoms with Crippen molar-refractivity contribution in [3.05, 3.63) is 58.7 Å². The number of methoxy groups -OCH3 is 1. The molecule has 0 heterocycles. The highest BCUT2D eigenvalue weighted by Crippen LogP contribution is 2.28. The van der Waals surface area contributed by atoms with Gasteiger partial charge < -0.3 is 10.1 Å². The predicted molar refractivity (Wildman–Crippen MR) is 110 cm³/mol. The summed E-state index contributed by atoms with van der Waals surface area (Å²) in [7, 11) is -2.37. The zero-order chi connectivity index (χ0) is 21.2. The monoisotopic (exact) mass is 416 g/mol. The van der Waals surface area contributed by atoms with Gasteiger partial charge >= 0.3 is 5.97 Å². The van der Waals surface area contributed by atoms with Crippen LogP contribution in [0.3, 0.4) is 0 Å². The first-order valence-corrected chi connectivity index (χ1v) is 10.8. The van der Waals surface area contributed by atoms with E-state index in [1.165, 1.54) is 31.4 Å². The van der Waals surface area contributed by atoms with Crippen molar-refractivity contribution in [2.75, 3.05) is 19.0 Å². The predicted octanol–water partition coefficient (Wildman–Crippen LogP) is 3.03. The Hall–Kier alpha value is -2.71. The second-order valence-corrected chi connectivity index (χ2v) is 9.00. The molecule has 0 unspecified atom stereocenters. The average Bonchev–Trinajstić information content (AvgIpc) is 3.53.